The monoisotopic (exact) mass is 466 g/mol. The molecule has 174 valence electrons. The van der Waals surface area contributed by atoms with Crippen LogP contribution in [0, 0.1) is 0 Å². The summed E-state index contributed by atoms with van der Waals surface area (Å²) < 4.78 is 36.9. The van der Waals surface area contributed by atoms with Gasteiger partial charge < -0.3 is 19.1 Å². The lowest BCUT2D eigenvalue weighted by Gasteiger charge is -2.18. The zero-order valence-corrected chi connectivity index (χ0v) is 18.6. The molecule has 3 N–H and O–H groups in total. The van der Waals surface area contributed by atoms with Gasteiger partial charge in [-0.15, -0.1) is 0 Å². The summed E-state index contributed by atoms with van der Waals surface area (Å²) in [4.78, 5) is 22.0. The number of unbranched alkanes of at least 4 members (excludes halogenated alkanes) is 1. The number of amides is 1. The van der Waals surface area contributed by atoms with Crippen LogP contribution in [-0.2, 0) is 21.1 Å². The third-order valence-electron chi connectivity index (χ3n) is 5.21. The first-order valence-electron chi connectivity index (χ1n) is 9.99. The number of fused-ring (bicyclic) bond motifs is 1. The van der Waals surface area contributed by atoms with Crippen molar-refractivity contribution in [2.45, 2.75) is 42.2 Å². The van der Waals surface area contributed by atoms with Crippen molar-refractivity contribution < 1.29 is 37.6 Å². The van der Waals surface area contributed by atoms with Crippen LogP contribution in [0.15, 0.2) is 41.3 Å². The Hall–Kier alpha value is -3.02. The number of carbonyl (C=O) groups excluding carboxylic acids is 1. The summed E-state index contributed by atoms with van der Waals surface area (Å²) in [6.45, 7) is 0. The Labute approximate surface area is 186 Å². The third-order valence-corrected chi connectivity index (χ3v) is 7.40. The van der Waals surface area contributed by atoms with E-state index in [1.165, 1.54) is 37.9 Å². The second kappa shape index (κ2) is 10.5. The van der Waals surface area contributed by atoms with Gasteiger partial charge >= 0.3 is 0 Å². The lowest BCUT2D eigenvalue weighted by atomic mass is 10.0. The fourth-order valence-electron chi connectivity index (χ4n) is 3.49. The molecule has 10 nitrogen and oxygen atoms in total. The summed E-state index contributed by atoms with van der Waals surface area (Å²) in [7, 11) is -1.000. The summed E-state index contributed by atoms with van der Waals surface area (Å²) >= 11 is 0. The SMILES string of the molecule is COc1ccc(S(=O)(=O)C(CCCCc2ccc3c(c2)ONO3)CC(=O)NO)cc1OC. The van der Waals surface area contributed by atoms with Crippen LogP contribution < -0.4 is 30.3 Å². The van der Waals surface area contributed by atoms with Gasteiger partial charge in [0.1, 0.15) is 0 Å². The van der Waals surface area contributed by atoms with E-state index in [-0.39, 0.29) is 23.5 Å². The number of hydrogen-bond donors (Lipinski definition) is 3. The Balaban J connectivity index is 1.69. The number of rotatable bonds is 11. The largest absolute Gasteiger partial charge is 0.493 e. The molecule has 1 unspecified atom stereocenters. The number of hydroxylamine groups is 1. The standard InChI is InChI=1S/C21H26N2O8S/c1-28-17-10-8-16(12-19(17)29-2)32(26,27)15(13-21(24)22-25)6-4-3-5-14-7-9-18-20(11-14)31-23-30-18/h7-12,15,23,25H,3-6,13H2,1-2H3,(H,22,24). The predicted molar refractivity (Wildman–Crippen MR) is 113 cm³/mol. The highest BCUT2D eigenvalue weighted by atomic mass is 32.2. The lowest BCUT2D eigenvalue weighted by Crippen LogP contribution is -2.30. The summed E-state index contributed by atoms with van der Waals surface area (Å²) in [5.41, 5.74) is 4.86. The number of benzene rings is 2. The molecule has 1 amide bonds. The molecule has 0 aliphatic carbocycles. The molecule has 0 aromatic heterocycles. The van der Waals surface area contributed by atoms with Crippen molar-refractivity contribution in [2.75, 3.05) is 14.2 Å². The van der Waals surface area contributed by atoms with Crippen LogP contribution in [0.3, 0.4) is 0 Å². The molecule has 1 aliphatic heterocycles. The average molecular weight is 467 g/mol. The van der Waals surface area contributed by atoms with Crippen molar-refractivity contribution in [1.82, 2.24) is 11.1 Å². The number of ether oxygens (including phenoxy) is 2. The quantitative estimate of drug-likeness (QED) is 0.259. The summed E-state index contributed by atoms with van der Waals surface area (Å²) in [6.07, 6.45) is 1.85. The number of hydrogen-bond acceptors (Lipinski definition) is 9. The van der Waals surface area contributed by atoms with Crippen LogP contribution in [0.5, 0.6) is 23.0 Å². The zero-order valence-electron chi connectivity index (χ0n) is 17.8. The molecule has 0 saturated heterocycles. The Kier molecular flexibility index (Phi) is 7.78. The highest BCUT2D eigenvalue weighted by Crippen LogP contribution is 2.33. The topological polar surface area (TPSA) is 132 Å². The molecule has 2 aromatic carbocycles. The van der Waals surface area contributed by atoms with Crippen LogP contribution in [-0.4, -0.2) is 39.0 Å². The van der Waals surface area contributed by atoms with Crippen molar-refractivity contribution in [3.05, 3.63) is 42.0 Å². The molecule has 0 radical (unpaired) electrons. The van der Waals surface area contributed by atoms with Crippen LogP contribution in [0.25, 0.3) is 0 Å². The van der Waals surface area contributed by atoms with E-state index in [0.29, 0.717) is 36.5 Å². The number of methoxy groups -OCH3 is 2. The molecular weight excluding hydrogens is 440 g/mol. The Bertz CT molecular complexity index is 1060. The van der Waals surface area contributed by atoms with Gasteiger partial charge in [-0.1, -0.05) is 12.5 Å². The molecule has 1 atom stereocenters. The maximum Gasteiger partial charge on any atom is 0.244 e. The van der Waals surface area contributed by atoms with Gasteiger partial charge in [0.05, 0.1) is 24.4 Å². The molecular formula is C21H26N2O8S. The maximum atomic E-state index is 13.2. The third kappa shape index (κ3) is 5.42. The van der Waals surface area contributed by atoms with Crippen molar-refractivity contribution in [3.63, 3.8) is 0 Å². The maximum absolute atomic E-state index is 13.2. The Morgan fingerprint density at radius 3 is 2.53 bits per heavy atom. The first kappa shape index (κ1) is 23.6. The molecule has 2 aromatic rings. The van der Waals surface area contributed by atoms with Crippen molar-refractivity contribution in [2.24, 2.45) is 0 Å². The van der Waals surface area contributed by atoms with Gasteiger partial charge in [0, 0.05) is 18.1 Å². The second-order valence-corrected chi connectivity index (χ2v) is 9.47. The van der Waals surface area contributed by atoms with E-state index in [1.54, 1.807) is 6.07 Å². The van der Waals surface area contributed by atoms with Gasteiger partial charge in [-0.25, -0.2) is 13.9 Å². The lowest BCUT2D eigenvalue weighted by molar-refractivity contribution is -0.129. The normalized spacial score (nSPS) is 13.5. The minimum atomic E-state index is -3.87. The van der Waals surface area contributed by atoms with E-state index in [1.807, 2.05) is 12.1 Å². The zero-order chi connectivity index (χ0) is 23.1. The average Bonchev–Trinajstić information content (AvgIpc) is 3.28. The molecule has 3 rings (SSSR count). The van der Waals surface area contributed by atoms with Gasteiger partial charge in [-0.05, 0) is 49.1 Å². The van der Waals surface area contributed by atoms with Gasteiger partial charge in [-0.2, -0.15) is 0 Å². The van der Waals surface area contributed by atoms with Crippen molar-refractivity contribution >= 4 is 15.7 Å². The highest BCUT2D eigenvalue weighted by molar-refractivity contribution is 7.92. The Morgan fingerprint density at radius 1 is 1.06 bits per heavy atom. The highest BCUT2D eigenvalue weighted by Gasteiger charge is 2.30. The van der Waals surface area contributed by atoms with E-state index in [4.69, 9.17) is 24.4 Å². The molecule has 0 saturated carbocycles. The van der Waals surface area contributed by atoms with Crippen LogP contribution in [0.2, 0.25) is 0 Å². The number of aryl methyl sites for hydroxylation is 1. The molecule has 0 spiro atoms. The predicted octanol–water partition coefficient (Wildman–Crippen LogP) is 2.35. The first-order chi connectivity index (χ1) is 15.4. The second-order valence-electron chi connectivity index (χ2n) is 7.24. The number of carbonyl (C=O) groups is 1. The van der Waals surface area contributed by atoms with E-state index in [9.17, 15) is 13.2 Å². The van der Waals surface area contributed by atoms with E-state index < -0.39 is 21.0 Å². The van der Waals surface area contributed by atoms with Crippen LogP contribution >= 0.6 is 0 Å². The fourth-order valence-corrected chi connectivity index (χ4v) is 5.25. The smallest absolute Gasteiger partial charge is 0.244 e. The molecule has 0 bridgehead atoms. The summed E-state index contributed by atoms with van der Waals surface area (Å²) in [5, 5.41) is 7.90. The van der Waals surface area contributed by atoms with E-state index >= 15 is 0 Å². The van der Waals surface area contributed by atoms with E-state index in [0.717, 1.165) is 5.56 Å². The summed E-state index contributed by atoms with van der Waals surface area (Å²) in [5.74, 6) is 1.11. The molecule has 32 heavy (non-hydrogen) atoms. The van der Waals surface area contributed by atoms with Crippen molar-refractivity contribution in [3.8, 4) is 23.0 Å². The fraction of sp³-hybridized carbons (Fsp3) is 0.381. The van der Waals surface area contributed by atoms with Gasteiger partial charge in [-0.3, -0.25) is 10.0 Å². The molecule has 0 fully saturated rings. The summed E-state index contributed by atoms with van der Waals surface area (Å²) in [6, 6.07) is 9.85. The minimum Gasteiger partial charge on any atom is -0.493 e. The van der Waals surface area contributed by atoms with Crippen molar-refractivity contribution in [1.29, 1.82) is 0 Å². The number of sulfone groups is 1. The van der Waals surface area contributed by atoms with Crippen LogP contribution in [0.4, 0.5) is 0 Å². The van der Waals surface area contributed by atoms with Crippen LogP contribution in [0.1, 0.15) is 31.2 Å². The minimum absolute atomic E-state index is 0.0224. The van der Waals surface area contributed by atoms with Gasteiger partial charge in [0.15, 0.2) is 32.8 Å². The van der Waals surface area contributed by atoms with Gasteiger partial charge in [0.25, 0.3) is 0 Å². The molecule has 11 heteroatoms. The van der Waals surface area contributed by atoms with E-state index in [2.05, 4.69) is 5.64 Å². The first-order valence-corrected chi connectivity index (χ1v) is 11.5. The molecule has 1 heterocycles. The Morgan fingerprint density at radius 2 is 1.81 bits per heavy atom. The molecule has 1 aliphatic rings. The number of nitrogens with one attached hydrogen (secondary N) is 2. The van der Waals surface area contributed by atoms with Gasteiger partial charge in [0.2, 0.25) is 5.91 Å².